The lowest BCUT2D eigenvalue weighted by Gasteiger charge is -2.16. The summed E-state index contributed by atoms with van der Waals surface area (Å²) in [6.07, 6.45) is 2.57. The lowest BCUT2D eigenvalue weighted by atomic mass is 10.1. The Morgan fingerprint density at radius 2 is 1.78 bits per heavy atom. The van der Waals surface area contributed by atoms with Gasteiger partial charge in [0.1, 0.15) is 6.04 Å². The number of carbonyl (C=O) groups excluding carboxylic acids is 2. The van der Waals surface area contributed by atoms with Crippen molar-refractivity contribution in [2.24, 2.45) is 0 Å². The van der Waals surface area contributed by atoms with Crippen molar-refractivity contribution in [1.29, 1.82) is 0 Å². The number of methoxy groups -OCH3 is 3. The molecule has 9 heteroatoms. The summed E-state index contributed by atoms with van der Waals surface area (Å²) in [5.41, 5.74) is 0.284. The Morgan fingerprint density at radius 3 is 2.26 bits per heavy atom. The highest BCUT2D eigenvalue weighted by atomic mass is 32.1. The number of nitrogens with zero attached hydrogens (tertiary/aromatic N) is 1. The number of anilines is 1. The van der Waals surface area contributed by atoms with Crippen molar-refractivity contribution in [2.45, 2.75) is 26.3 Å². The molecule has 0 saturated carbocycles. The summed E-state index contributed by atoms with van der Waals surface area (Å²) in [5, 5.41) is 5.86. The van der Waals surface area contributed by atoms with Gasteiger partial charge in [0.2, 0.25) is 11.7 Å². The Kier molecular flexibility index (Phi) is 7.00. The fourth-order valence-electron chi connectivity index (χ4n) is 2.30. The van der Waals surface area contributed by atoms with E-state index in [0.29, 0.717) is 22.4 Å². The summed E-state index contributed by atoms with van der Waals surface area (Å²) < 4.78 is 15.7. The van der Waals surface area contributed by atoms with E-state index in [0.717, 1.165) is 11.3 Å². The minimum Gasteiger partial charge on any atom is -0.493 e. The molecular formula is C18H23N3O5S. The first kappa shape index (κ1) is 20.5. The first-order chi connectivity index (χ1) is 12.9. The van der Waals surface area contributed by atoms with Gasteiger partial charge in [-0.15, -0.1) is 11.3 Å². The SMILES string of the molecule is CCc1cnc(NC(=O)C(C)NC(=O)c2cc(OC)c(OC)c(OC)c2)s1. The number of carbonyl (C=O) groups is 2. The Hall–Kier alpha value is -2.81. The van der Waals surface area contributed by atoms with E-state index < -0.39 is 11.9 Å². The van der Waals surface area contributed by atoms with E-state index in [1.165, 1.54) is 44.8 Å². The van der Waals surface area contributed by atoms with Gasteiger partial charge < -0.3 is 24.8 Å². The molecular weight excluding hydrogens is 370 g/mol. The van der Waals surface area contributed by atoms with Crippen molar-refractivity contribution in [3.8, 4) is 17.2 Å². The molecule has 2 aromatic rings. The number of hydrogen-bond donors (Lipinski definition) is 2. The first-order valence-electron chi connectivity index (χ1n) is 8.29. The molecule has 2 amide bonds. The van der Waals surface area contributed by atoms with Crippen LogP contribution in [-0.2, 0) is 11.2 Å². The zero-order valence-corrected chi connectivity index (χ0v) is 16.7. The molecule has 0 saturated heterocycles. The number of hydrogen-bond acceptors (Lipinski definition) is 7. The van der Waals surface area contributed by atoms with Gasteiger partial charge in [-0.2, -0.15) is 0 Å². The third-order valence-electron chi connectivity index (χ3n) is 3.80. The molecule has 2 rings (SSSR count). The minimum absolute atomic E-state index is 0.284. The quantitative estimate of drug-likeness (QED) is 0.715. The monoisotopic (exact) mass is 393 g/mol. The minimum atomic E-state index is -0.759. The van der Waals surface area contributed by atoms with Gasteiger partial charge in [0.15, 0.2) is 16.6 Å². The third-order valence-corrected chi connectivity index (χ3v) is 4.86. The van der Waals surface area contributed by atoms with E-state index in [2.05, 4.69) is 15.6 Å². The van der Waals surface area contributed by atoms with Crippen molar-refractivity contribution in [1.82, 2.24) is 10.3 Å². The molecule has 0 aliphatic heterocycles. The van der Waals surface area contributed by atoms with Gasteiger partial charge in [-0.3, -0.25) is 9.59 Å². The Bertz CT molecular complexity index is 796. The molecule has 2 N–H and O–H groups in total. The standard InChI is InChI=1S/C18H23N3O5S/c1-6-12-9-19-18(27-12)21-16(22)10(2)20-17(23)11-7-13(24-3)15(26-5)14(8-11)25-4/h7-10H,6H2,1-5H3,(H,20,23)(H,19,21,22). The molecule has 0 bridgehead atoms. The van der Waals surface area contributed by atoms with Crippen LogP contribution in [0.1, 0.15) is 29.1 Å². The Morgan fingerprint density at radius 1 is 1.15 bits per heavy atom. The largest absolute Gasteiger partial charge is 0.493 e. The molecule has 1 heterocycles. The molecule has 1 unspecified atom stereocenters. The third kappa shape index (κ3) is 4.88. The maximum atomic E-state index is 12.5. The number of thiazole rings is 1. The number of aromatic nitrogens is 1. The summed E-state index contributed by atoms with van der Waals surface area (Å²) >= 11 is 1.41. The van der Waals surface area contributed by atoms with Crippen LogP contribution in [0.3, 0.4) is 0 Å². The van der Waals surface area contributed by atoms with Gasteiger partial charge in [0.25, 0.3) is 5.91 Å². The molecule has 1 aromatic heterocycles. The van der Waals surface area contributed by atoms with E-state index in [4.69, 9.17) is 14.2 Å². The van der Waals surface area contributed by atoms with E-state index in [1.807, 2.05) is 6.92 Å². The van der Waals surface area contributed by atoms with Gasteiger partial charge in [-0.1, -0.05) is 6.92 Å². The van der Waals surface area contributed by atoms with E-state index >= 15 is 0 Å². The van der Waals surface area contributed by atoms with Crippen LogP contribution in [0.25, 0.3) is 0 Å². The number of aryl methyl sites for hydroxylation is 1. The lowest BCUT2D eigenvalue weighted by Crippen LogP contribution is -2.41. The average molecular weight is 393 g/mol. The van der Waals surface area contributed by atoms with Gasteiger partial charge in [0.05, 0.1) is 21.3 Å². The average Bonchev–Trinajstić information content (AvgIpc) is 3.13. The van der Waals surface area contributed by atoms with Crippen molar-refractivity contribution in [3.63, 3.8) is 0 Å². The summed E-state index contributed by atoms with van der Waals surface area (Å²) in [7, 11) is 4.41. The maximum absolute atomic E-state index is 12.5. The molecule has 1 aromatic carbocycles. The smallest absolute Gasteiger partial charge is 0.252 e. The summed E-state index contributed by atoms with van der Waals surface area (Å²) in [6.45, 7) is 3.61. The van der Waals surface area contributed by atoms with Crippen molar-refractivity contribution < 1.29 is 23.8 Å². The van der Waals surface area contributed by atoms with Crippen LogP contribution in [0.4, 0.5) is 5.13 Å². The van der Waals surface area contributed by atoms with Gasteiger partial charge in [-0.25, -0.2) is 4.98 Å². The molecule has 8 nitrogen and oxygen atoms in total. The number of nitrogens with one attached hydrogen (secondary N) is 2. The van der Waals surface area contributed by atoms with Gasteiger partial charge in [0, 0.05) is 16.6 Å². The molecule has 0 radical (unpaired) electrons. The topological polar surface area (TPSA) is 98.8 Å². The number of benzene rings is 1. The van der Waals surface area contributed by atoms with Crippen LogP contribution in [-0.4, -0.2) is 44.2 Å². The van der Waals surface area contributed by atoms with E-state index in [1.54, 1.807) is 13.1 Å². The zero-order valence-electron chi connectivity index (χ0n) is 15.9. The van der Waals surface area contributed by atoms with Crippen molar-refractivity contribution >= 4 is 28.3 Å². The fourth-order valence-corrected chi connectivity index (χ4v) is 3.06. The van der Waals surface area contributed by atoms with Gasteiger partial charge >= 0.3 is 0 Å². The van der Waals surface area contributed by atoms with Gasteiger partial charge in [-0.05, 0) is 25.5 Å². The van der Waals surface area contributed by atoms with Crippen LogP contribution in [0.2, 0.25) is 0 Å². The predicted octanol–water partition coefficient (Wildman–Crippen LogP) is 2.49. The van der Waals surface area contributed by atoms with Crippen molar-refractivity contribution in [2.75, 3.05) is 26.6 Å². The number of rotatable bonds is 8. The Balaban J connectivity index is 2.10. The summed E-state index contributed by atoms with van der Waals surface area (Å²) in [6, 6.07) is 2.29. The van der Waals surface area contributed by atoms with Crippen LogP contribution in [0.15, 0.2) is 18.3 Å². The van der Waals surface area contributed by atoms with Crippen LogP contribution < -0.4 is 24.8 Å². The summed E-state index contributed by atoms with van der Waals surface area (Å²) in [4.78, 5) is 30.0. The highest BCUT2D eigenvalue weighted by molar-refractivity contribution is 7.15. The predicted molar refractivity (Wildman–Crippen MR) is 103 cm³/mol. The highest BCUT2D eigenvalue weighted by Crippen LogP contribution is 2.38. The maximum Gasteiger partial charge on any atom is 0.252 e. The molecule has 146 valence electrons. The second-order valence-corrected chi connectivity index (χ2v) is 6.70. The number of amides is 2. The van der Waals surface area contributed by atoms with Crippen LogP contribution in [0, 0.1) is 0 Å². The van der Waals surface area contributed by atoms with E-state index in [9.17, 15) is 9.59 Å². The van der Waals surface area contributed by atoms with Crippen LogP contribution in [0.5, 0.6) is 17.2 Å². The first-order valence-corrected chi connectivity index (χ1v) is 9.11. The second kappa shape index (κ2) is 9.22. The summed E-state index contributed by atoms with van der Waals surface area (Å²) in [5.74, 6) is 0.305. The highest BCUT2D eigenvalue weighted by Gasteiger charge is 2.21. The number of ether oxygens (including phenoxy) is 3. The van der Waals surface area contributed by atoms with Crippen LogP contribution >= 0.6 is 11.3 Å². The lowest BCUT2D eigenvalue weighted by molar-refractivity contribution is -0.117. The zero-order chi connectivity index (χ0) is 20.0. The molecule has 27 heavy (non-hydrogen) atoms. The molecule has 0 spiro atoms. The Labute approximate surface area is 161 Å². The molecule has 1 atom stereocenters. The van der Waals surface area contributed by atoms with Crippen molar-refractivity contribution in [3.05, 3.63) is 28.8 Å². The van der Waals surface area contributed by atoms with E-state index in [-0.39, 0.29) is 11.5 Å². The fraction of sp³-hybridized carbons (Fsp3) is 0.389. The molecule has 0 aliphatic rings. The second-order valence-electron chi connectivity index (χ2n) is 5.58. The molecule has 0 fully saturated rings. The normalized spacial score (nSPS) is 11.4. The molecule has 0 aliphatic carbocycles.